The topological polar surface area (TPSA) is 38.1 Å². The zero-order valence-electron chi connectivity index (χ0n) is 13.3. The van der Waals surface area contributed by atoms with Gasteiger partial charge in [-0.1, -0.05) is 0 Å². The minimum absolute atomic E-state index is 0.0535. The molecule has 1 atom stereocenters. The number of hydrogen-bond acceptors (Lipinski definition) is 2. The van der Waals surface area contributed by atoms with Crippen LogP contribution < -0.4 is 0 Å². The van der Waals surface area contributed by atoms with Crippen LogP contribution in [-0.4, -0.2) is 27.0 Å². The molecule has 1 aromatic heterocycles. The van der Waals surface area contributed by atoms with Crippen molar-refractivity contribution in [2.45, 2.75) is 68.9 Å². The van der Waals surface area contributed by atoms with Gasteiger partial charge < -0.3 is 5.11 Å². The Morgan fingerprint density at radius 3 is 2.08 bits per heavy atom. The van der Waals surface area contributed by atoms with Crippen molar-refractivity contribution < 1.29 is 40.2 Å². The van der Waals surface area contributed by atoms with Crippen LogP contribution in [0.1, 0.15) is 61.2 Å². The number of alkyl halides is 8. The van der Waals surface area contributed by atoms with Crippen LogP contribution in [0.15, 0.2) is 0 Å². The minimum Gasteiger partial charge on any atom is -0.382 e. The van der Waals surface area contributed by atoms with Gasteiger partial charge in [-0.15, -0.1) is 0 Å². The molecule has 3 nitrogen and oxygen atoms in total. The summed E-state index contributed by atoms with van der Waals surface area (Å²) in [4.78, 5) is 0. The molecule has 148 valence electrons. The quantitative estimate of drug-likeness (QED) is 0.697. The molecular weight excluding hydrogens is 376 g/mol. The van der Waals surface area contributed by atoms with E-state index in [0.29, 0.717) is 0 Å². The molecule has 0 saturated heterocycles. The molecule has 1 saturated carbocycles. The molecule has 3 rings (SSSR count). The van der Waals surface area contributed by atoms with Gasteiger partial charge >= 0.3 is 12.4 Å². The first kappa shape index (κ1) is 19.4. The van der Waals surface area contributed by atoms with E-state index in [-0.39, 0.29) is 31.4 Å². The largest absolute Gasteiger partial charge is 0.435 e. The van der Waals surface area contributed by atoms with E-state index in [1.54, 1.807) is 0 Å². The van der Waals surface area contributed by atoms with Crippen molar-refractivity contribution in [1.29, 1.82) is 0 Å². The second-order valence-electron chi connectivity index (χ2n) is 6.86. The summed E-state index contributed by atoms with van der Waals surface area (Å²) in [7, 11) is 0. The van der Waals surface area contributed by atoms with Crippen LogP contribution in [-0.2, 0) is 12.6 Å². The molecule has 0 radical (unpaired) electrons. The van der Waals surface area contributed by atoms with E-state index in [1.807, 2.05) is 0 Å². The summed E-state index contributed by atoms with van der Waals surface area (Å²) >= 11 is 0. The molecule has 1 N–H and O–H groups in total. The maximum Gasteiger partial charge on any atom is 0.435 e. The van der Waals surface area contributed by atoms with Crippen molar-refractivity contribution in [1.82, 2.24) is 9.78 Å². The van der Waals surface area contributed by atoms with E-state index >= 15 is 0 Å². The lowest BCUT2D eigenvalue weighted by Crippen LogP contribution is -2.34. The fourth-order valence-electron chi connectivity index (χ4n) is 3.81. The van der Waals surface area contributed by atoms with Gasteiger partial charge in [0.1, 0.15) is 6.10 Å². The van der Waals surface area contributed by atoms with Gasteiger partial charge in [0, 0.05) is 17.7 Å². The molecule has 1 fully saturated rings. The Morgan fingerprint density at radius 2 is 1.58 bits per heavy atom. The van der Waals surface area contributed by atoms with E-state index in [1.165, 1.54) is 0 Å². The average Bonchev–Trinajstić information content (AvgIpc) is 2.90. The fraction of sp³-hybridized carbons (Fsp3) is 0.800. The lowest BCUT2D eigenvalue weighted by molar-refractivity contribution is -0.183. The van der Waals surface area contributed by atoms with Gasteiger partial charge in [-0.2, -0.15) is 31.4 Å². The highest BCUT2D eigenvalue weighted by molar-refractivity contribution is 5.35. The molecule has 0 aliphatic heterocycles. The van der Waals surface area contributed by atoms with Gasteiger partial charge in [0.25, 0.3) is 5.92 Å². The summed E-state index contributed by atoms with van der Waals surface area (Å²) in [6, 6.07) is -0.739. The van der Waals surface area contributed by atoms with Crippen molar-refractivity contribution in [3.63, 3.8) is 0 Å². The standard InChI is InChI=1S/C15H16F8N2O/c16-13(17)6-5-9-10(12(13)26)11(15(21,22)23)24-25(9)8-3-1-7(2-4-8)14(18,19)20/h7-8,12,26H,1-6H2/t7-,8-,12-/m0/s1. The summed E-state index contributed by atoms with van der Waals surface area (Å²) in [6.45, 7) is 0. The Morgan fingerprint density at radius 1 is 1.00 bits per heavy atom. The monoisotopic (exact) mass is 392 g/mol. The van der Waals surface area contributed by atoms with E-state index in [0.717, 1.165) is 4.68 Å². The average molecular weight is 392 g/mol. The molecule has 0 spiro atoms. The fourth-order valence-corrected chi connectivity index (χ4v) is 3.81. The van der Waals surface area contributed by atoms with Gasteiger partial charge in [0.2, 0.25) is 0 Å². The second-order valence-corrected chi connectivity index (χ2v) is 6.86. The number of aliphatic hydroxyl groups excluding tert-OH is 1. The SMILES string of the molecule is O[C@H]1c2c(C(F)(F)F)nn([C@H]3CC[C@H](C(F)(F)F)CC3)c2CCC1(F)F. The summed E-state index contributed by atoms with van der Waals surface area (Å²) in [6.07, 6.45) is -14.0. The van der Waals surface area contributed by atoms with Crippen LogP contribution in [0, 0.1) is 5.92 Å². The highest BCUT2D eigenvalue weighted by Crippen LogP contribution is 2.48. The van der Waals surface area contributed by atoms with Crippen molar-refractivity contribution in [2.75, 3.05) is 0 Å². The normalized spacial score (nSPS) is 29.5. The first-order valence-corrected chi connectivity index (χ1v) is 8.13. The molecular formula is C15H16F8N2O. The minimum atomic E-state index is -5.05. The molecule has 0 unspecified atom stereocenters. The first-order chi connectivity index (χ1) is 11.8. The van der Waals surface area contributed by atoms with Crippen molar-refractivity contribution >= 4 is 0 Å². The van der Waals surface area contributed by atoms with Crippen LogP contribution >= 0.6 is 0 Å². The van der Waals surface area contributed by atoms with E-state index in [9.17, 15) is 40.2 Å². The van der Waals surface area contributed by atoms with Crippen LogP contribution in [0.5, 0.6) is 0 Å². The molecule has 26 heavy (non-hydrogen) atoms. The van der Waals surface area contributed by atoms with Crippen molar-refractivity contribution in [2.24, 2.45) is 5.92 Å². The molecule has 11 heteroatoms. The molecule has 0 amide bonds. The molecule has 2 aliphatic carbocycles. The Labute approximate surface area is 143 Å². The van der Waals surface area contributed by atoms with Crippen LogP contribution in [0.25, 0.3) is 0 Å². The van der Waals surface area contributed by atoms with Gasteiger partial charge in [-0.3, -0.25) is 4.68 Å². The number of rotatable bonds is 1. The number of hydrogen-bond donors (Lipinski definition) is 1. The number of nitrogens with zero attached hydrogens (tertiary/aromatic N) is 2. The first-order valence-electron chi connectivity index (χ1n) is 8.13. The third kappa shape index (κ3) is 3.29. The predicted octanol–water partition coefficient (Wildman–Crippen LogP) is 4.81. The van der Waals surface area contributed by atoms with Crippen LogP contribution in [0.2, 0.25) is 0 Å². The Balaban J connectivity index is 1.95. The highest BCUT2D eigenvalue weighted by Gasteiger charge is 2.52. The summed E-state index contributed by atoms with van der Waals surface area (Å²) in [5.74, 6) is -5.24. The zero-order valence-corrected chi connectivity index (χ0v) is 13.3. The number of halogens is 8. The Bertz CT molecular complexity index is 670. The second kappa shape index (κ2) is 6.07. The maximum atomic E-state index is 13.7. The summed E-state index contributed by atoms with van der Waals surface area (Å²) in [5.41, 5.74) is -2.70. The Hall–Kier alpha value is -1.39. The predicted molar refractivity (Wildman–Crippen MR) is 72.5 cm³/mol. The lowest BCUT2D eigenvalue weighted by Gasteiger charge is -2.33. The molecule has 0 bridgehead atoms. The lowest BCUT2D eigenvalue weighted by atomic mass is 9.84. The van der Waals surface area contributed by atoms with Gasteiger partial charge in [0.15, 0.2) is 5.69 Å². The summed E-state index contributed by atoms with van der Waals surface area (Å²) < 4.78 is 106. The molecule has 2 aliphatic rings. The number of aliphatic hydroxyl groups is 1. The molecule has 0 aromatic carbocycles. The molecule has 1 heterocycles. The van der Waals surface area contributed by atoms with E-state index < -0.39 is 60.4 Å². The van der Waals surface area contributed by atoms with Crippen LogP contribution in [0.4, 0.5) is 35.1 Å². The van der Waals surface area contributed by atoms with Gasteiger partial charge in [-0.25, -0.2) is 8.78 Å². The van der Waals surface area contributed by atoms with E-state index in [4.69, 9.17) is 0 Å². The highest BCUT2D eigenvalue weighted by atomic mass is 19.4. The third-order valence-corrected chi connectivity index (χ3v) is 5.19. The van der Waals surface area contributed by atoms with Crippen LogP contribution in [0.3, 0.4) is 0 Å². The molecule has 1 aromatic rings. The third-order valence-electron chi connectivity index (χ3n) is 5.19. The zero-order chi connectivity index (χ0) is 19.5. The maximum absolute atomic E-state index is 13.7. The summed E-state index contributed by atoms with van der Waals surface area (Å²) in [5, 5.41) is 13.1. The van der Waals surface area contributed by atoms with Crippen molar-refractivity contribution in [3.05, 3.63) is 17.0 Å². The smallest absolute Gasteiger partial charge is 0.382 e. The van der Waals surface area contributed by atoms with E-state index in [2.05, 4.69) is 5.10 Å². The van der Waals surface area contributed by atoms with Crippen molar-refractivity contribution in [3.8, 4) is 0 Å². The van der Waals surface area contributed by atoms with Gasteiger partial charge in [0.05, 0.1) is 12.0 Å². The number of aromatic nitrogens is 2. The number of fused-ring (bicyclic) bond motifs is 1. The van der Waals surface area contributed by atoms with Gasteiger partial charge in [-0.05, 0) is 32.1 Å². The Kier molecular flexibility index (Phi) is 4.52.